The first-order chi connectivity index (χ1) is 12.5. The number of hydrogen-bond donors (Lipinski definition) is 2. The quantitative estimate of drug-likeness (QED) is 0.721. The Hall–Kier alpha value is -2.32. The van der Waals surface area contributed by atoms with Crippen molar-refractivity contribution in [1.29, 1.82) is 0 Å². The molecule has 0 bridgehead atoms. The molecular weight excluding hydrogens is 368 g/mol. The molecule has 0 saturated carbocycles. The van der Waals surface area contributed by atoms with Crippen molar-refractivity contribution in [3.05, 3.63) is 54.3 Å². The molecule has 1 aliphatic rings. The minimum Gasteiger partial charge on any atom is -0.444 e. The molecule has 148 valence electrons. The van der Waals surface area contributed by atoms with Gasteiger partial charge in [-0.1, -0.05) is 23.8 Å². The minimum absolute atomic E-state index is 0.0919. The second kappa shape index (κ2) is 8.14. The fourth-order valence-electron chi connectivity index (χ4n) is 2.39. The smallest absolute Gasteiger partial charge is 0.409 e. The zero-order valence-corrected chi connectivity index (χ0v) is 16.8. The van der Waals surface area contributed by atoms with Gasteiger partial charge in [-0.3, -0.25) is 9.50 Å². The highest BCUT2D eigenvalue weighted by atomic mass is 32.2. The number of rotatable bonds is 6. The number of aryl methyl sites for hydroxylation is 1. The second-order valence-electron chi connectivity index (χ2n) is 7.30. The van der Waals surface area contributed by atoms with Crippen LogP contribution in [0.4, 0.5) is 4.79 Å². The molecule has 0 aromatic heterocycles. The van der Waals surface area contributed by atoms with Crippen molar-refractivity contribution in [3.63, 3.8) is 0 Å². The van der Waals surface area contributed by atoms with Gasteiger partial charge < -0.3 is 10.1 Å². The lowest BCUT2D eigenvalue weighted by Crippen LogP contribution is -2.57. The van der Waals surface area contributed by atoms with Crippen LogP contribution in [0.2, 0.25) is 0 Å². The summed E-state index contributed by atoms with van der Waals surface area (Å²) in [6, 6.07) is 6.41. The molecule has 1 unspecified atom stereocenters. The van der Waals surface area contributed by atoms with Gasteiger partial charge in [-0.15, -0.1) is 0 Å². The lowest BCUT2D eigenvalue weighted by Gasteiger charge is -2.34. The first-order valence-corrected chi connectivity index (χ1v) is 10.0. The van der Waals surface area contributed by atoms with Crippen LogP contribution in [0.5, 0.6) is 0 Å². The van der Waals surface area contributed by atoms with Gasteiger partial charge in [-0.2, -0.15) is 8.42 Å². The summed E-state index contributed by atoms with van der Waals surface area (Å²) in [5, 5.41) is 5.77. The molecule has 1 amide bonds. The SMILES string of the molecule is Cc1ccc(S(=O)(=O)OCCC2(NC(=O)OC(C)(C)C)C=CC=CN2)cc1. The summed E-state index contributed by atoms with van der Waals surface area (Å²) in [5.41, 5.74) is -0.692. The van der Waals surface area contributed by atoms with Crippen LogP contribution >= 0.6 is 0 Å². The zero-order valence-electron chi connectivity index (χ0n) is 16.0. The molecule has 0 spiro atoms. The van der Waals surface area contributed by atoms with E-state index in [1.54, 1.807) is 57.3 Å². The maximum absolute atomic E-state index is 12.3. The molecule has 1 aromatic carbocycles. The third-order valence-corrected chi connectivity index (χ3v) is 5.02. The van der Waals surface area contributed by atoms with Gasteiger partial charge in [0.05, 0.1) is 11.5 Å². The molecule has 1 heterocycles. The van der Waals surface area contributed by atoms with Crippen LogP contribution in [0.1, 0.15) is 32.8 Å². The second-order valence-corrected chi connectivity index (χ2v) is 8.92. The maximum Gasteiger partial charge on any atom is 0.409 e. The summed E-state index contributed by atoms with van der Waals surface area (Å²) >= 11 is 0. The molecule has 1 aromatic rings. The first kappa shape index (κ1) is 21.0. The highest BCUT2D eigenvalue weighted by Crippen LogP contribution is 2.18. The Bertz CT molecular complexity index is 823. The van der Waals surface area contributed by atoms with Gasteiger partial charge in [0.1, 0.15) is 11.3 Å². The molecule has 0 aliphatic carbocycles. The molecule has 1 aliphatic heterocycles. The Kier molecular flexibility index (Phi) is 6.33. The summed E-state index contributed by atoms with van der Waals surface area (Å²) in [4.78, 5) is 12.2. The van der Waals surface area contributed by atoms with Crippen LogP contribution in [0.3, 0.4) is 0 Å². The topological polar surface area (TPSA) is 93.7 Å². The van der Waals surface area contributed by atoms with Gasteiger partial charge in [0.15, 0.2) is 0 Å². The molecule has 27 heavy (non-hydrogen) atoms. The summed E-state index contributed by atoms with van der Waals surface area (Å²) in [5.74, 6) is 0. The highest BCUT2D eigenvalue weighted by Gasteiger charge is 2.31. The molecule has 0 radical (unpaired) electrons. The van der Waals surface area contributed by atoms with Crippen LogP contribution in [0, 0.1) is 6.92 Å². The van der Waals surface area contributed by atoms with Crippen molar-refractivity contribution in [1.82, 2.24) is 10.6 Å². The average Bonchev–Trinajstić information content (AvgIpc) is 2.54. The number of dihydropyridines is 1. The lowest BCUT2D eigenvalue weighted by molar-refractivity contribution is 0.0455. The monoisotopic (exact) mass is 394 g/mol. The Morgan fingerprint density at radius 3 is 2.41 bits per heavy atom. The van der Waals surface area contributed by atoms with Crippen molar-refractivity contribution in [2.45, 2.75) is 50.3 Å². The summed E-state index contributed by atoms with van der Waals surface area (Å²) in [6.07, 6.45) is 6.46. The fourth-order valence-corrected chi connectivity index (χ4v) is 3.30. The fraction of sp³-hybridized carbons (Fsp3) is 0.421. The van der Waals surface area contributed by atoms with Crippen molar-refractivity contribution in [3.8, 4) is 0 Å². The number of nitrogens with one attached hydrogen (secondary N) is 2. The van der Waals surface area contributed by atoms with Crippen molar-refractivity contribution in [2.24, 2.45) is 0 Å². The van der Waals surface area contributed by atoms with E-state index in [0.717, 1.165) is 5.56 Å². The lowest BCUT2D eigenvalue weighted by atomic mass is 10.0. The molecule has 1 atom stereocenters. The van der Waals surface area contributed by atoms with E-state index in [-0.39, 0.29) is 17.9 Å². The number of carbonyl (C=O) groups is 1. The van der Waals surface area contributed by atoms with Gasteiger partial charge in [0.2, 0.25) is 0 Å². The number of hydrogen-bond acceptors (Lipinski definition) is 6. The van der Waals surface area contributed by atoms with Crippen LogP contribution in [-0.2, 0) is 19.0 Å². The van der Waals surface area contributed by atoms with E-state index >= 15 is 0 Å². The van der Waals surface area contributed by atoms with Crippen molar-refractivity contribution < 1.29 is 22.1 Å². The van der Waals surface area contributed by atoms with Crippen LogP contribution in [0.15, 0.2) is 53.6 Å². The minimum atomic E-state index is -3.88. The van der Waals surface area contributed by atoms with E-state index in [9.17, 15) is 13.2 Å². The Labute approximate surface area is 160 Å². The Morgan fingerprint density at radius 1 is 1.19 bits per heavy atom. The van der Waals surface area contributed by atoms with E-state index in [0.29, 0.717) is 0 Å². The van der Waals surface area contributed by atoms with Crippen LogP contribution < -0.4 is 10.6 Å². The van der Waals surface area contributed by atoms with E-state index < -0.39 is 27.5 Å². The number of alkyl carbamates (subject to hydrolysis) is 1. The Balaban J connectivity index is 2.02. The normalized spacial score (nSPS) is 19.4. The van der Waals surface area contributed by atoms with E-state index in [2.05, 4.69) is 10.6 Å². The van der Waals surface area contributed by atoms with Crippen molar-refractivity contribution in [2.75, 3.05) is 6.61 Å². The summed E-state index contributed by atoms with van der Waals surface area (Å²) in [6.45, 7) is 7.04. The van der Waals surface area contributed by atoms with Gasteiger partial charge >= 0.3 is 6.09 Å². The zero-order chi connectivity index (χ0) is 20.1. The number of benzene rings is 1. The number of allylic oxidation sites excluding steroid dienone is 2. The number of amides is 1. The molecule has 2 N–H and O–H groups in total. The molecule has 7 nitrogen and oxygen atoms in total. The third-order valence-electron chi connectivity index (χ3n) is 3.70. The number of ether oxygens (including phenoxy) is 1. The predicted molar refractivity (Wildman–Crippen MR) is 102 cm³/mol. The van der Waals surface area contributed by atoms with Crippen LogP contribution in [-0.4, -0.2) is 32.4 Å². The van der Waals surface area contributed by atoms with Gasteiger partial charge in [0, 0.05) is 6.42 Å². The van der Waals surface area contributed by atoms with E-state index in [4.69, 9.17) is 8.92 Å². The third kappa shape index (κ3) is 6.41. The summed E-state index contributed by atoms with van der Waals surface area (Å²) in [7, 11) is -3.88. The molecular formula is C19H26N2O5S. The maximum atomic E-state index is 12.3. The molecule has 0 saturated heterocycles. The van der Waals surface area contributed by atoms with Crippen molar-refractivity contribution >= 4 is 16.2 Å². The largest absolute Gasteiger partial charge is 0.444 e. The number of carbonyl (C=O) groups excluding carboxylic acids is 1. The van der Waals surface area contributed by atoms with Gasteiger partial charge in [-0.05, 0) is 58.2 Å². The first-order valence-electron chi connectivity index (χ1n) is 8.61. The molecule has 8 heteroatoms. The highest BCUT2D eigenvalue weighted by molar-refractivity contribution is 7.86. The van der Waals surface area contributed by atoms with E-state index in [1.165, 1.54) is 12.1 Å². The van der Waals surface area contributed by atoms with Gasteiger partial charge in [0.25, 0.3) is 10.1 Å². The Morgan fingerprint density at radius 2 is 1.85 bits per heavy atom. The average molecular weight is 394 g/mol. The van der Waals surface area contributed by atoms with E-state index in [1.807, 2.05) is 6.92 Å². The van der Waals surface area contributed by atoms with Crippen LogP contribution in [0.25, 0.3) is 0 Å². The van der Waals surface area contributed by atoms with Gasteiger partial charge in [-0.25, -0.2) is 4.79 Å². The molecule has 0 fully saturated rings. The standard InChI is InChI=1S/C19H26N2O5S/c1-15-7-9-16(10-8-15)27(23,24)25-14-12-19(11-5-6-13-20-19)21-17(22)26-18(2,3)4/h5-11,13,20H,12,14H2,1-4H3,(H,21,22). The molecule has 2 rings (SSSR count). The predicted octanol–water partition coefficient (Wildman–Crippen LogP) is 2.98. The summed E-state index contributed by atoms with van der Waals surface area (Å²) < 4.78 is 35.1.